The zero-order valence-electron chi connectivity index (χ0n) is 13.1. The normalized spacial score (nSPS) is 14.8. The van der Waals surface area contributed by atoms with Gasteiger partial charge in [-0.15, -0.1) is 11.8 Å². The summed E-state index contributed by atoms with van der Waals surface area (Å²) in [5.41, 5.74) is 1.18. The number of hydrogen-bond donors (Lipinski definition) is 0. The number of likely N-dealkylation sites (N-methyl/N-ethyl adjacent to an activating group) is 1. The Morgan fingerprint density at radius 3 is 2.81 bits per heavy atom. The zero-order chi connectivity index (χ0) is 15.2. The fourth-order valence-electron chi connectivity index (χ4n) is 2.45. The third-order valence-electron chi connectivity index (χ3n) is 3.85. The van der Waals surface area contributed by atoms with Crippen molar-refractivity contribution >= 4 is 17.7 Å². The Bertz CT molecular complexity index is 489. The number of fused-ring (bicyclic) bond motifs is 1. The molecule has 0 spiro atoms. The number of hydrogen-bond acceptors (Lipinski definition) is 4. The molecule has 1 aliphatic heterocycles. The van der Waals surface area contributed by atoms with E-state index in [9.17, 15) is 4.79 Å². The van der Waals surface area contributed by atoms with Gasteiger partial charge in [0.05, 0.1) is 13.7 Å². The standard InChI is InChI=1S/C16H24N2O2S/c1-4-17(5-2)12-16(19)18-8-9-21-15-7-6-14(20-3)10-13(15)11-18/h6-7,10H,4-5,8-9,11-12H2,1-3H3. The van der Waals surface area contributed by atoms with E-state index in [2.05, 4.69) is 24.8 Å². The van der Waals surface area contributed by atoms with Gasteiger partial charge >= 0.3 is 0 Å². The van der Waals surface area contributed by atoms with Crippen LogP contribution in [0.5, 0.6) is 5.75 Å². The predicted molar refractivity (Wildman–Crippen MR) is 86.9 cm³/mol. The first kappa shape index (κ1) is 16.2. The number of rotatable bonds is 5. The first-order chi connectivity index (χ1) is 10.2. The van der Waals surface area contributed by atoms with Crippen molar-refractivity contribution in [1.82, 2.24) is 9.80 Å². The molecule has 0 aliphatic carbocycles. The van der Waals surface area contributed by atoms with Crippen LogP contribution in [0.1, 0.15) is 19.4 Å². The van der Waals surface area contributed by atoms with Crippen molar-refractivity contribution in [3.63, 3.8) is 0 Å². The van der Waals surface area contributed by atoms with Gasteiger partial charge in [-0.25, -0.2) is 0 Å². The SMILES string of the molecule is CCN(CC)CC(=O)N1CCSc2ccc(OC)cc2C1. The molecule has 0 saturated heterocycles. The summed E-state index contributed by atoms with van der Waals surface area (Å²) in [4.78, 5) is 17.9. The minimum atomic E-state index is 0.218. The number of carbonyl (C=O) groups is 1. The van der Waals surface area contributed by atoms with Gasteiger partial charge < -0.3 is 9.64 Å². The van der Waals surface area contributed by atoms with Crippen molar-refractivity contribution in [2.24, 2.45) is 0 Å². The Kier molecular flexibility index (Phi) is 5.94. The van der Waals surface area contributed by atoms with E-state index in [0.29, 0.717) is 13.1 Å². The van der Waals surface area contributed by atoms with E-state index in [0.717, 1.165) is 31.1 Å². The molecule has 1 aromatic carbocycles. The molecule has 0 saturated carbocycles. The molecular weight excluding hydrogens is 284 g/mol. The molecule has 2 rings (SSSR count). The number of nitrogens with zero attached hydrogens (tertiary/aromatic N) is 2. The fourth-order valence-corrected chi connectivity index (χ4v) is 3.45. The summed E-state index contributed by atoms with van der Waals surface area (Å²) in [6.07, 6.45) is 0. The minimum absolute atomic E-state index is 0.218. The lowest BCUT2D eigenvalue weighted by Crippen LogP contribution is -2.40. The largest absolute Gasteiger partial charge is 0.497 e. The zero-order valence-corrected chi connectivity index (χ0v) is 13.9. The minimum Gasteiger partial charge on any atom is -0.497 e. The highest BCUT2D eigenvalue weighted by Gasteiger charge is 2.20. The maximum absolute atomic E-state index is 12.5. The lowest BCUT2D eigenvalue weighted by Gasteiger charge is -2.25. The molecular formula is C16H24N2O2S. The second-order valence-corrected chi connectivity index (χ2v) is 6.24. The Balaban J connectivity index is 2.10. The second-order valence-electron chi connectivity index (χ2n) is 5.10. The first-order valence-electron chi connectivity index (χ1n) is 7.47. The Hall–Kier alpha value is -1.20. The van der Waals surface area contributed by atoms with Crippen LogP contribution in [0.25, 0.3) is 0 Å². The molecule has 5 heteroatoms. The molecule has 0 aromatic heterocycles. The van der Waals surface area contributed by atoms with Gasteiger partial charge in [-0.2, -0.15) is 0 Å². The number of benzene rings is 1. The molecule has 1 heterocycles. The van der Waals surface area contributed by atoms with Crippen LogP contribution in [0.15, 0.2) is 23.1 Å². The molecule has 0 unspecified atom stereocenters. The lowest BCUT2D eigenvalue weighted by molar-refractivity contribution is -0.132. The topological polar surface area (TPSA) is 32.8 Å². The number of methoxy groups -OCH3 is 1. The van der Waals surface area contributed by atoms with E-state index >= 15 is 0 Å². The molecule has 21 heavy (non-hydrogen) atoms. The summed E-state index contributed by atoms with van der Waals surface area (Å²) >= 11 is 1.82. The van der Waals surface area contributed by atoms with Gasteiger partial charge in [-0.3, -0.25) is 9.69 Å². The average molecular weight is 308 g/mol. The summed E-state index contributed by atoms with van der Waals surface area (Å²) in [6.45, 7) is 8.01. The van der Waals surface area contributed by atoms with Crippen molar-refractivity contribution in [3.8, 4) is 5.75 Å². The molecule has 1 amide bonds. The summed E-state index contributed by atoms with van der Waals surface area (Å²) in [7, 11) is 1.68. The number of carbonyl (C=O) groups excluding carboxylic acids is 1. The van der Waals surface area contributed by atoms with E-state index in [1.54, 1.807) is 7.11 Å². The van der Waals surface area contributed by atoms with Crippen LogP contribution in [0.2, 0.25) is 0 Å². The summed E-state index contributed by atoms with van der Waals surface area (Å²) in [6, 6.07) is 6.13. The number of ether oxygens (including phenoxy) is 1. The third kappa shape index (κ3) is 4.14. The van der Waals surface area contributed by atoms with Crippen molar-refractivity contribution in [1.29, 1.82) is 0 Å². The van der Waals surface area contributed by atoms with Crippen LogP contribution >= 0.6 is 11.8 Å². The van der Waals surface area contributed by atoms with Gasteiger partial charge in [0.2, 0.25) is 5.91 Å². The van der Waals surface area contributed by atoms with Gasteiger partial charge in [0, 0.05) is 23.7 Å². The molecule has 0 radical (unpaired) electrons. The van der Waals surface area contributed by atoms with E-state index in [1.165, 1.54) is 10.5 Å². The smallest absolute Gasteiger partial charge is 0.237 e. The van der Waals surface area contributed by atoms with Gasteiger partial charge in [-0.05, 0) is 36.9 Å². The second kappa shape index (κ2) is 7.71. The first-order valence-corrected chi connectivity index (χ1v) is 8.46. The van der Waals surface area contributed by atoms with Crippen LogP contribution in [-0.4, -0.2) is 54.7 Å². The van der Waals surface area contributed by atoms with Crippen molar-refractivity contribution in [2.45, 2.75) is 25.3 Å². The molecule has 0 bridgehead atoms. The van der Waals surface area contributed by atoms with Crippen LogP contribution in [0.3, 0.4) is 0 Å². The summed E-state index contributed by atoms with van der Waals surface area (Å²) < 4.78 is 5.30. The quantitative estimate of drug-likeness (QED) is 0.836. The maximum atomic E-state index is 12.5. The van der Waals surface area contributed by atoms with Crippen LogP contribution < -0.4 is 4.74 Å². The van der Waals surface area contributed by atoms with Crippen LogP contribution in [0.4, 0.5) is 0 Å². The molecule has 4 nitrogen and oxygen atoms in total. The highest BCUT2D eigenvalue weighted by molar-refractivity contribution is 7.99. The number of amides is 1. The highest BCUT2D eigenvalue weighted by Crippen LogP contribution is 2.30. The highest BCUT2D eigenvalue weighted by atomic mass is 32.2. The van der Waals surface area contributed by atoms with Crippen LogP contribution in [0, 0.1) is 0 Å². The fraction of sp³-hybridized carbons (Fsp3) is 0.562. The molecule has 0 fully saturated rings. The van der Waals surface area contributed by atoms with E-state index < -0.39 is 0 Å². The van der Waals surface area contributed by atoms with Crippen molar-refractivity contribution < 1.29 is 9.53 Å². The van der Waals surface area contributed by atoms with Gasteiger partial charge in [0.15, 0.2) is 0 Å². The summed E-state index contributed by atoms with van der Waals surface area (Å²) in [5, 5.41) is 0. The maximum Gasteiger partial charge on any atom is 0.237 e. The van der Waals surface area contributed by atoms with E-state index in [4.69, 9.17) is 4.74 Å². The van der Waals surface area contributed by atoms with E-state index in [1.807, 2.05) is 28.8 Å². The lowest BCUT2D eigenvalue weighted by atomic mass is 10.2. The summed E-state index contributed by atoms with van der Waals surface area (Å²) in [5.74, 6) is 2.02. The monoisotopic (exact) mass is 308 g/mol. The molecule has 1 aliphatic rings. The Labute approximate surface area is 131 Å². The Morgan fingerprint density at radius 2 is 2.14 bits per heavy atom. The third-order valence-corrected chi connectivity index (χ3v) is 4.95. The average Bonchev–Trinajstić information content (AvgIpc) is 2.73. The van der Waals surface area contributed by atoms with Gasteiger partial charge in [0.25, 0.3) is 0 Å². The molecule has 1 aromatic rings. The Morgan fingerprint density at radius 1 is 1.38 bits per heavy atom. The molecule has 0 N–H and O–H groups in total. The van der Waals surface area contributed by atoms with Crippen molar-refractivity contribution in [2.75, 3.05) is 39.0 Å². The number of thioether (sulfide) groups is 1. The van der Waals surface area contributed by atoms with Gasteiger partial charge in [-0.1, -0.05) is 13.8 Å². The van der Waals surface area contributed by atoms with Crippen LogP contribution in [-0.2, 0) is 11.3 Å². The molecule has 116 valence electrons. The molecule has 0 atom stereocenters. The van der Waals surface area contributed by atoms with Gasteiger partial charge in [0.1, 0.15) is 5.75 Å². The van der Waals surface area contributed by atoms with Crippen molar-refractivity contribution in [3.05, 3.63) is 23.8 Å². The predicted octanol–water partition coefficient (Wildman–Crippen LogP) is 2.47. The van der Waals surface area contributed by atoms with E-state index in [-0.39, 0.29) is 5.91 Å².